The van der Waals surface area contributed by atoms with Crippen LogP contribution in [0.3, 0.4) is 0 Å². The molecule has 0 aromatic rings. The SMILES string of the molecule is CC/C=C\C/C=C\C/C=C\C/C=C\CCCCCCCCCCC(=O)NC(COC1OC(CO)C(OC2OC(CO)C(O)C(O)C2O)C(O)C1O)C(O)/C=C/CCCCC. The van der Waals surface area contributed by atoms with Crippen molar-refractivity contribution in [2.75, 3.05) is 19.8 Å². The molecule has 0 radical (unpaired) electrons. The molecule has 12 atom stereocenters. The van der Waals surface area contributed by atoms with Crippen LogP contribution in [0, 0.1) is 0 Å². The minimum Gasteiger partial charge on any atom is -0.394 e. The van der Waals surface area contributed by atoms with E-state index in [-0.39, 0.29) is 18.9 Å². The van der Waals surface area contributed by atoms with Crippen molar-refractivity contribution in [1.82, 2.24) is 5.32 Å². The smallest absolute Gasteiger partial charge is 0.220 e. The summed E-state index contributed by atoms with van der Waals surface area (Å²) in [6, 6.07) is -0.916. The first-order valence-corrected chi connectivity index (χ1v) is 22.5. The number of hydrogen-bond acceptors (Lipinski definition) is 13. The summed E-state index contributed by atoms with van der Waals surface area (Å²) in [7, 11) is 0. The first-order valence-electron chi connectivity index (χ1n) is 22.5. The third-order valence-electron chi connectivity index (χ3n) is 10.7. The predicted octanol–water partition coefficient (Wildman–Crippen LogP) is 4.32. The number of carbonyl (C=O) groups excluding carboxylic acids is 1. The molecule has 0 bridgehead atoms. The lowest BCUT2D eigenvalue weighted by molar-refractivity contribution is -0.359. The Bertz CT molecular complexity index is 1240. The van der Waals surface area contributed by atoms with Crippen molar-refractivity contribution in [3.05, 3.63) is 60.8 Å². The van der Waals surface area contributed by atoms with Crippen LogP contribution < -0.4 is 5.32 Å². The van der Waals surface area contributed by atoms with Gasteiger partial charge in [-0.2, -0.15) is 0 Å². The number of amides is 1. The van der Waals surface area contributed by atoms with Gasteiger partial charge in [0.2, 0.25) is 5.91 Å². The second-order valence-electron chi connectivity index (χ2n) is 15.8. The Kier molecular flexibility index (Phi) is 29.9. The molecule has 2 rings (SSSR count). The van der Waals surface area contributed by atoms with Crippen LogP contribution in [0.15, 0.2) is 60.8 Å². The fraction of sp³-hybridized carbons (Fsp3) is 0.761. The van der Waals surface area contributed by atoms with E-state index in [1.54, 1.807) is 6.08 Å². The van der Waals surface area contributed by atoms with E-state index in [1.807, 2.05) is 6.08 Å². The van der Waals surface area contributed by atoms with E-state index in [0.29, 0.717) is 6.42 Å². The quantitative estimate of drug-likeness (QED) is 0.0340. The molecule has 1 amide bonds. The van der Waals surface area contributed by atoms with Crippen molar-refractivity contribution in [2.45, 2.75) is 203 Å². The van der Waals surface area contributed by atoms with Crippen molar-refractivity contribution in [2.24, 2.45) is 0 Å². The van der Waals surface area contributed by atoms with Crippen molar-refractivity contribution >= 4 is 5.91 Å². The second kappa shape index (κ2) is 33.3. The Morgan fingerprint density at radius 1 is 0.617 bits per heavy atom. The molecule has 2 saturated heterocycles. The summed E-state index contributed by atoms with van der Waals surface area (Å²) in [5.41, 5.74) is 0. The summed E-state index contributed by atoms with van der Waals surface area (Å²) in [4.78, 5) is 13.0. The third kappa shape index (κ3) is 21.2. The zero-order valence-corrected chi connectivity index (χ0v) is 36.2. The van der Waals surface area contributed by atoms with Crippen LogP contribution in [0.1, 0.15) is 129 Å². The summed E-state index contributed by atoms with van der Waals surface area (Å²) in [5.74, 6) is -0.260. The van der Waals surface area contributed by atoms with Crippen LogP contribution in [0.2, 0.25) is 0 Å². The first-order chi connectivity index (χ1) is 29.1. The van der Waals surface area contributed by atoms with Gasteiger partial charge in [-0.15, -0.1) is 0 Å². The van der Waals surface area contributed by atoms with E-state index in [9.17, 15) is 45.6 Å². The fourth-order valence-corrected chi connectivity index (χ4v) is 6.98. The lowest BCUT2D eigenvalue weighted by atomic mass is 9.97. The molecular formula is C46H79NO13. The molecule has 0 aliphatic carbocycles. The molecule has 0 aromatic heterocycles. The monoisotopic (exact) mass is 854 g/mol. The minimum atomic E-state index is -1.79. The highest BCUT2D eigenvalue weighted by atomic mass is 16.7. The van der Waals surface area contributed by atoms with E-state index < -0.39 is 86.8 Å². The zero-order chi connectivity index (χ0) is 44.0. The van der Waals surface area contributed by atoms with E-state index in [1.165, 1.54) is 19.3 Å². The van der Waals surface area contributed by atoms with E-state index in [2.05, 4.69) is 67.8 Å². The highest BCUT2D eigenvalue weighted by Gasteiger charge is 2.50. The minimum absolute atomic E-state index is 0.260. The Morgan fingerprint density at radius 2 is 1.15 bits per heavy atom. The van der Waals surface area contributed by atoms with E-state index in [4.69, 9.17) is 18.9 Å². The Hall–Kier alpha value is -2.31. The summed E-state index contributed by atoms with van der Waals surface area (Å²) >= 11 is 0. The third-order valence-corrected chi connectivity index (χ3v) is 10.7. The van der Waals surface area contributed by atoms with Crippen molar-refractivity contribution in [3.63, 3.8) is 0 Å². The summed E-state index contributed by atoms with van der Waals surface area (Å²) in [6.07, 6.45) is 21.8. The standard InChI is InChI=1S/C46H79NO13/c1-3-5-7-9-10-11-12-13-14-15-16-17-18-19-20-21-22-23-24-26-28-30-38(51)47-34(35(50)29-27-25-8-6-4-2)33-57-45-43(56)41(54)44(37(32-49)59-45)60-46-42(55)40(53)39(52)36(31-48)58-46/h5,7,10-11,13-14,16-17,27,29,34-37,39-46,48-50,52-56H,3-4,6,8-9,12,15,18-26,28,30-33H2,1-2H3,(H,47,51)/b7-5-,11-10-,14-13-,17-16-,29-27+. The largest absolute Gasteiger partial charge is 0.394 e. The van der Waals surface area contributed by atoms with Gasteiger partial charge < -0.3 is 65.1 Å². The molecule has 9 N–H and O–H groups in total. The lowest BCUT2D eigenvalue weighted by Crippen LogP contribution is -2.65. The summed E-state index contributed by atoms with van der Waals surface area (Å²) in [5, 5.41) is 86.0. The number of aliphatic hydroxyl groups is 8. The topological polar surface area (TPSA) is 228 Å². The molecule has 0 spiro atoms. The number of rotatable bonds is 32. The number of hydrogen-bond donors (Lipinski definition) is 9. The molecule has 0 aromatic carbocycles. The molecule has 2 heterocycles. The first kappa shape index (κ1) is 53.8. The average molecular weight is 854 g/mol. The van der Waals surface area contributed by atoms with Crippen LogP contribution in [-0.4, -0.2) is 140 Å². The predicted molar refractivity (Wildman–Crippen MR) is 230 cm³/mol. The van der Waals surface area contributed by atoms with Gasteiger partial charge >= 0.3 is 0 Å². The summed E-state index contributed by atoms with van der Waals surface area (Å²) in [6.45, 7) is 2.51. The molecule has 0 saturated carbocycles. The zero-order valence-electron chi connectivity index (χ0n) is 36.2. The molecule has 60 heavy (non-hydrogen) atoms. The molecule has 14 nitrogen and oxygen atoms in total. The lowest BCUT2D eigenvalue weighted by Gasteiger charge is -2.46. The van der Waals surface area contributed by atoms with Gasteiger partial charge in [0.15, 0.2) is 12.6 Å². The van der Waals surface area contributed by atoms with Gasteiger partial charge in [-0.05, 0) is 57.8 Å². The van der Waals surface area contributed by atoms with Gasteiger partial charge in [-0.3, -0.25) is 4.79 Å². The van der Waals surface area contributed by atoms with Crippen molar-refractivity contribution < 1.29 is 64.6 Å². The second-order valence-corrected chi connectivity index (χ2v) is 15.8. The number of allylic oxidation sites excluding steroid dienone is 9. The maximum Gasteiger partial charge on any atom is 0.220 e. The van der Waals surface area contributed by atoms with Gasteiger partial charge in [0.25, 0.3) is 0 Å². The van der Waals surface area contributed by atoms with Gasteiger partial charge in [-0.1, -0.05) is 126 Å². The number of ether oxygens (including phenoxy) is 4. The van der Waals surface area contributed by atoms with Crippen LogP contribution in [0.5, 0.6) is 0 Å². The van der Waals surface area contributed by atoms with Crippen LogP contribution >= 0.6 is 0 Å². The van der Waals surface area contributed by atoms with Gasteiger partial charge in [0.05, 0.1) is 32.0 Å². The van der Waals surface area contributed by atoms with Crippen LogP contribution in [0.25, 0.3) is 0 Å². The normalized spacial score (nSPS) is 28.8. The van der Waals surface area contributed by atoms with Crippen molar-refractivity contribution in [3.8, 4) is 0 Å². The Balaban J connectivity index is 1.76. The average Bonchev–Trinajstić information content (AvgIpc) is 3.24. The van der Waals surface area contributed by atoms with Gasteiger partial charge in [0.1, 0.15) is 48.8 Å². The number of aliphatic hydroxyl groups excluding tert-OH is 8. The summed E-state index contributed by atoms with van der Waals surface area (Å²) < 4.78 is 22.5. The van der Waals surface area contributed by atoms with Gasteiger partial charge in [-0.25, -0.2) is 0 Å². The molecule has 346 valence electrons. The fourth-order valence-electron chi connectivity index (χ4n) is 6.98. The van der Waals surface area contributed by atoms with Crippen molar-refractivity contribution in [1.29, 1.82) is 0 Å². The van der Waals surface area contributed by atoms with Gasteiger partial charge in [0, 0.05) is 6.42 Å². The molecule has 2 aliphatic rings. The maximum atomic E-state index is 13.0. The number of nitrogens with one attached hydrogen (secondary N) is 1. The molecule has 2 aliphatic heterocycles. The molecular weight excluding hydrogens is 775 g/mol. The number of carbonyl (C=O) groups is 1. The van der Waals surface area contributed by atoms with E-state index in [0.717, 1.165) is 83.5 Å². The molecule has 2 fully saturated rings. The molecule has 12 unspecified atom stereocenters. The molecule has 14 heteroatoms. The Morgan fingerprint density at radius 3 is 1.77 bits per heavy atom. The maximum absolute atomic E-state index is 13.0. The van der Waals surface area contributed by atoms with E-state index >= 15 is 0 Å². The number of unbranched alkanes of at least 4 members (excludes halogenated alkanes) is 11. The Labute approximate surface area is 358 Å². The van der Waals surface area contributed by atoms with Crippen LogP contribution in [-0.2, 0) is 23.7 Å². The van der Waals surface area contributed by atoms with Crippen LogP contribution in [0.4, 0.5) is 0 Å². The highest BCUT2D eigenvalue weighted by molar-refractivity contribution is 5.76. The highest BCUT2D eigenvalue weighted by Crippen LogP contribution is 2.30.